The molecule has 24 heteroatoms. The molecule has 0 atom stereocenters. The Hall–Kier alpha value is -5.93. The molecule has 10 rings (SSSR count). The summed E-state index contributed by atoms with van der Waals surface area (Å²) in [5.74, 6) is 0. The van der Waals surface area contributed by atoms with E-state index in [-0.39, 0.29) is 16.5 Å². The molecular weight excluding hydrogens is 1230 g/mol. The molecule has 8 aromatic carbocycles. The fourth-order valence-electron chi connectivity index (χ4n) is 10.2. The minimum Gasteiger partial charge on any atom is -0.418 e. The van der Waals surface area contributed by atoms with Crippen LogP contribution in [0.25, 0.3) is 0 Å². The van der Waals surface area contributed by atoms with Gasteiger partial charge in [0.2, 0.25) is 0 Å². The second-order valence-corrected chi connectivity index (χ2v) is 31.9. The van der Waals surface area contributed by atoms with E-state index in [1.54, 1.807) is 6.07 Å². The SMILES string of the molecule is CC#N.F[B-](F)(F)F.F[B-](F)(F)F.O=P1(c2ccccc2)CN(Cc2ccccc2)CP(=O)(c2ccccc2)CN(Cc2ccccc2)C1.O=P1(c2ccccc2)CN(Cc2ccccc2)CP(=O)(c2ccccc2)CN(Cc2ccccc2)C1.[Ni+2]. The van der Waals surface area contributed by atoms with Crippen LogP contribution < -0.4 is 21.2 Å². The van der Waals surface area contributed by atoms with Crippen LogP contribution in [0.4, 0.5) is 34.5 Å². The molecule has 0 spiro atoms. The van der Waals surface area contributed by atoms with Gasteiger partial charge >= 0.3 is 31.0 Å². The largest absolute Gasteiger partial charge is 2.00 e. The summed E-state index contributed by atoms with van der Waals surface area (Å²) in [6.07, 6.45) is 3.17. The van der Waals surface area contributed by atoms with Gasteiger partial charge in [0.05, 0.1) is 56.4 Å². The summed E-state index contributed by atoms with van der Waals surface area (Å²) in [5, 5.41) is 10.9. The third-order valence-corrected chi connectivity index (χ3v) is 25.1. The normalized spacial score (nSPS) is 21.2. The average molecular weight is 1300 g/mol. The molecule has 8 aromatic rings. The zero-order valence-corrected chi connectivity index (χ0v) is 51.8. The summed E-state index contributed by atoms with van der Waals surface area (Å²) in [7, 11) is -23.4. The van der Waals surface area contributed by atoms with Crippen molar-refractivity contribution in [1.29, 1.82) is 5.26 Å². The Bertz CT molecular complexity index is 3000. The van der Waals surface area contributed by atoms with Crippen LogP contribution in [0.3, 0.4) is 0 Å². The summed E-state index contributed by atoms with van der Waals surface area (Å²) in [6.45, 7) is 3.90. The van der Waals surface area contributed by atoms with E-state index in [2.05, 4.69) is 68.1 Å². The van der Waals surface area contributed by atoms with Gasteiger partial charge in [-0.2, -0.15) is 5.26 Å². The molecule has 9 nitrogen and oxygen atoms in total. The fraction of sp³-hybridized carbons (Fsp3) is 0.210. The van der Waals surface area contributed by atoms with Crippen molar-refractivity contribution in [2.45, 2.75) is 33.1 Å². The van der Waals surface area contributed by atoms with Crippen LogP contribution in [-0.4, -0.2) is 84.4 Å². The summed E-state index contributed by atoms with van der Waals surface area (Å²) in [5.41, 5.74) is 4.55. The quantitative estimate of drug-likeness (QED) is 0.0672. The van der Waals surface area contributed by atoms with Gasteiger partial charge in [-0.3, -0.25) is 19.6 Å². The van der Waals surface area contributed by atoms with Gasteiger partial charge in [-0.15, -0.1) is 0 Å². The van der Waals surface area contributed by atoms with E-state index in [1.807, 2.05) is 194 Å². The fourth-order valence-corrected chi connectivity index (χ4v) is 22.1. The van der Waals surface area contributed by atoms with Crippen molar-refractivity contribution in [3.63, 3.8) is 0 Å². The van der Waals surface area contributed by atoms with Crippen molar-refractivity contribution in [3.05, 3.63) is 265 Å². The molecule has 0 unspecified atom stereocenters. The van der Waals surface area contributed by atoms with E-state index in [4.69, 9.17) is 5.26 Å². The molecular formula is C62H67B2F8N5NiO4P4. The molecule has 86 heavy (non-hydrogen) atoms. The van der Waals surface area contributed by atoms with Gasteiger partial charge in [-0.25, -0.2) is 0 Å². The monoisotopic (exact) mass is 1300 g/mol. The number of hydrogen-bond acceptors (Lipinski definition) is 9. The van der Waals surface area contributed by atoms with Gasteiger partial charge in [0, 0.05) is 54.3 Å². The minimum atomic E-state index is -6.00. The van der Waals surface area contributed by atoms with Crippen molar-refractivity contribution in [1.82, 2.24) is 19.6 Å². The van der Waals surface area contributed by atoms with Crippen LogP contribution in [0.15, 0.2) is 243 Å². The standard InChI is InChI=1S/2C30H32N2O2P2.C2H3N.2BF4.Ni/c2*33-35(29-17-9-3-10-18-29)23-31(21-27-13-5-1-6-14-27)24-36(34,30-19-11-4-12-20-30)26-32(25-35)22-28-15-7-2-8-16-28;1-2-3;2*2-1(3,4)5;/h2*1-20H,21-26H2;1H3;;;/q;;;2*-1;+2. The van der Waals surface area contributed by atoms with Gasteiger partial charge in [0.25, 0.3) is 0 Å². The Balaban J connectivity index is 0.000000258. The topological polar surface area (TPSA) is 105 Å². The molecule has 0 aromatic heterocycles. The summed E-state index contributed by atoms with van der Waals surface area (Å²) >= 11 is 0. The van der Waals surface area contributed by atoms with Crippen LogP contribution in [0.2, 0.25) is 0 Å². The first-order valence-corrected chi connectivity index (χ1v) is 35.4. The van der Waals surface area contributed by atoms with Crippen LogP contribution in [0, 0.1) is 11.3 Å². The predicted molar refractivity (Wildman–Crippen MR) is 333 cm³/mol. The van der Waals surface area contributed by atoms with Crippen molar-refractivity contribution < 1.29 is 69.3 Å². The summed E-state index contributed by atoms with van der Waals surface area (Å²) in [6, 6.07) is 82.1. The molecule has 2 aliphatic heterocycles. The van der Waals surface area contributed by atoms with Crippen molar-refractivity contribution >= 4 is 64.3 Å². The molecule has 2 fully saturated rings. The molecule has 0 amide bonds. The Morgan fingerprint density at radius 1 is 0.314 bits per heavy atom. The van der Waals surface area contributed by atoms with E-state index in [1.165, 1.54) is 6.92 Å². The number of rotatable bonds is 12. The van der Waals surface area contributed by atoms with Gasteiger partial charge in [-0.05, 0) is 22.3 Å². The number of hydrogen-bond donors (Lipinski definition) is 0. The van der Waals surface area contributed by atoms with Crippen LogP contribution >= 0.6 is 28.6 Å². The Kier molecular flexibility index (Phi) is 28.0. The maximum Gasteiger partial charge on any atom is 2.00 e. The smallest absolute Gasteiger partial charge is 0.418 e. The third kappa shape index (κ3) is 24.3. The predicted octanol–water partition coefficient (Wildman–Crippen LogP) is 15.6. The Morgan fingerprint density at radius 3 is 0.558 bits per heavy atom. The number of nitrogens with zero attached hydrogens (tertiary/aromatic N) is 5. The Morgan fingerprint density at radius 2 is 0.430 bits per heavy atom. The molecule has 0 bridgehead atoms. The number of halogens is 8. The van der Waals surface area contributed by atoms with Crippen LogP contribution in [0.1, 0.15) is 29.2 Å². The van der Waals surface area contributed by atoms with Gasteiger partial charge in [0.1, 0.15) is 28.6 Å². The molecule has 456 valence electrons. The molecule has 0 N–H and O–H groups in total. The van der Waals surface area contributed by atoms with E-state index in [9.17, 15) is 52.8 Å². The molecule has 2 saturated heterocycles. The van der Waals surface area contributed by atoms with Crippen molar-refractivity contribution in [3.8, 4) is 6.07 Å². The third-order valence-electron chi connectivity index (χ3n) is 13.3. The second-order valence-electron chi connectivity index (χ2n) is 20.5. The first-order valence-electron chi connectivity index (χ1n) is 27.1. The van der Waals surface area contributed by atoms with E-state index in [0.717, 1.165) is 43.5 Å². The second kappa shape index (κ2) is 34.0. The molecule has 2 aliphatic rings. The maximum absolute atomic E-state index is 14.8. The average Bonchev–Trinajstić information content (AvgIpc) is 1.03. The van der Waals surface area contributed by atoms with Crippen LogP contribution in [-0.2, 0) is 60.9 Å². The first-order chi connectivity index (χ1) is 40.5. The molecule has 0 aliphatic carbocycles. The van der Waals surface area contributed by atoms with E-state index in [0.29, 0.717) is 76.5 Å². The summed E-state index contributed by atoms with van der Waals surface area (Å²) < 4.78 is 137. The zero-order valence-electron chi connectivity index (χ0n) is 47.2. The zero-order chi connectivity index (χ0) is 61.4. The van der Waals surface area contributed by atoms with Crippen molar-refractivity contribution in [2.24, 2.45) is 0 Å². The maximum atomic E-state index is 14.8. The number of benzene rings is 8. The minimum absolute atomic E-state index is 0. The molecule has 0 saturated carbocycles. The molecule has 0 radical (unpaired) electrons. The van der Waals surface area contributed by atoms with Gasteiger partial charge in [0.15, 0.2) is 0 Å². The van der Waals surface area contributed by atoms with Gasteiger partial charge in [-0.1, -0.05) is 243 Å². The summed E-state index contributed by atoms with van der Waals surface area (Å²) in [4.78, 5) is 8.71. The van der Waals surface area contributed by atoms with E-state index >= 15 is 0 Å². The van der Waals surface area contributed by atoms with Gasteiger partial charge < -0.3 is 52.8 Å². The van der Waals surface area contributed by atoms with E-state index < -0.39 is 43.1 Å². The van der Waals surface area contributed by atoms with Crippen LogP contribution in [0.5, 0.6) is 0 Å². The Labute approximate surface area is 510 Å². The first kappa shape index (κ1) is 70.8. The molecule has 2 heterocycles. The van der Waals surface area contributed by atoms with Crippen molar-refractivity contribution in [2.75, 3.05) is 50.3 Å². The number of nitriles is 1.